The highest BCUT2D eigenvalue weighted by molar-refractivity contribution is 7.98. The van der Waals surface area contributed by atoms with Crippen LogP contribution in [0.15, 0.2) is 54.6 Å². The minimum Gasteiger partial charge on any atom is -0.508 e. The molecule has 3 N–H and O–H groups in total. The molecule has 1 aliphatic rings. The zero-order chi connectivity index (χ0) is 34.1. The fraction of sp³-hybridized carbons (Fsp3) is 0.543. The topological polar surface area (TPSA) is 134 Å². The molecule has 10 nitrogen and oxygen atoms in total. The second kappa shape index (κ2) is 16.2. The lowest BCUT2D eigenvalue weighted by Gasteiger charge is -2.44. The molecule has 46 heavy (non-hydrogen) atoms. The van der Waals surface area contributed by atoms with Crippen molar-refractivity contribution in [3.63, 3.8) is 0 Å². The Morgan fingerprint density at radius 1 is 0.891 bits per heavy atom. The minimum absolute atomic E-state index is 0.00424. The molecule has 252 valence electrons. The maximum absolute atomic E-state index is 14.5. The molecule has 0 heterocycles. The monoisotopic (exact) mass is 655 g/mol. The van der Waals surface area contributed by atoms with Crippen molar-refractivity contribution in [2.75, 3.05) is 12.0 Å². The van der Waals surface area contributed by atoms with Gasteiger partial charge < -0.3 is 30.1 Å². The van der Waals surface area contributed by atoms with Gasteiger partial charge >= 0.3 is 12.1 Å². The number of nitrogens with one attached hydrogen (secondary N) is 2. The number of benzene rings is 2. The highest BCUT2D eigenvalue weighted by Gasteiger charge is 2.43. The van der Waals surface area contributed by atoms with E-state index in [0.29, 0.717) is 30.6 Å². The molecule has 1 saturated carbocycles. The summed E-state index contributed by atoms with van der Waals surface area (Å²) < 4.78 is 11.2. The molecule has 11 heteroatoms. The van der Waals surface area contributed by atoms with Gasteiger partial charge in [-0.1, -0.05) is 42.5 Å². The van der Waals surface area contributed by atoms with E-state index in [-0.39, 0.29) is 18.2 Å². The third-order valence-electron chi connectivity index (χ3n) is 7.35. The summed E-state index contributed by atoms with van der Waals surface area (Å²) in [7, 11) is 0. The molecule has 2 aromatic rings. The largest absolute Gasteiger partial charge is 0.508 e. The molecular formula is C35H49N3O7S. The number of hydrogen-bond acceptors (Lipinski definition) is 8. The first-order valence-corrected chi connectivity index (χ1v) is 17.1. The SMILES string of the molecule is CSCCC(NC(=O)OC(C)(C)C)C(=O)N(C1CCC1)C(C(=O)NC(Cc1ccccc1)C(=O)OC(C)(C)C)c1ccc(O)cc1. The zero-order valence-corrected chi connectivity index (χ0v) is 28.8. The molecule has 0 bridgehead atoms. The van der Waals surface area contributed by atoms with Gasteiger partial charge in [-0.2, -0.15) is 11.8 Å². The lowest BCUT2D eigenvalue weighted by Crippen LogP contribution is -2.58. The summed E-state index contributed by atoms with van der Waals surface area (Å²) in [5, 5.41) is 15.7. The number of carbonyl (C=O) groups is 4. The van der Waals surface area contributed by atoms with Crippen molar-refractivity contribution in [2.24, 2.45) is 0 Å². The number of phenolic OH excluding ortho intramolecular Hbond substituents is 1. The predicted octanol–water partition coefficient (Wildman–Crippen LogP) is 5.53. The van der Waals surface area contributed by atoms with Crippen LogP contribution in [0.5, 0.6) is 5.75 Å². The molecule has 1 aliphatic carbocycles. The second-order valence-electron chi connectivity index (χ2n) is 13.6. The number of carbonyl (C=O) groups excluding carboxylic acids is 4. The Bertz CT molecular complexity index is 1320. The number of aromatic hydroxyl groups is 1. The number of phenols is 1. The van der Waals surface area contributed by atoms with Gasteiger partial charge in [0.15, 0.2) is 0 Å². The number of ether oxygens (including phenoxy) is 2. The molecule has 0 radical (unpaired) electrons. The Balaban J connectivity index is 2.04. The van der Waals surface area contributed by atoms with Gasteiger partial charge in [-0.05, 0) is 102 Å². The summed E-state index contributed by atoms with van der Waals surface area (Å²) in [4.78, 5) is 56.8. The number of esters is 1. The molecule has 2 aromatic carbocycles. The lowest BCUT2D eigenvalue weighted by molar-refractivity contribution is -0.159. The first kappa shape index (κ1) is 36.7. The van der Waals surface area contributed by atoms with E-state index in [1.807, 2.05) is 36.6 Å². The number of rotatable bonds is 13. The van der Waals surface area contributed by atoms with E-state index in [1.165, 1.54) is 23.9 Å². The highest BCUT2D eigenvalue weighted by Crippen LogP contribution is 2.35. The first-order chi connectivity index (χ1) is 21.6. The first-order valence-electron chi connectivity index (χ1n) is 15.7. The molecule has 0 aromatic heterocycles. The summed E-state index contributed by atoms with van der Waals surface area (Å²) in [5.41, 5.74) is -0.280. The zero-order valence-electron chi connectivity index (χ0n) is 28.0. The normalized spacial score (nSPS) is 15.5. The summed E-state index contributed by atoms with van der Waals surface area (Å²) in [5.74, 6) is -1.00. The van der Waals surface area contributed by atoms with E-state index < -0.39 is 53.2 Å². The van der Waals surface area contributed by atoms with Gasteiger partial charge in [0.25, 0.3) is 0 Å². The van der Waals surface area contributed by atoms with Gasteiger partial charge in [0.2, 0.25) is 11.8 Å². The smallest absolute Gasteiger partial charge is 0.408 e. The van der Waals surface area contributed by atoms with Crippen LogP contribution < -0.4 is 10.6 Å². The molecular weight excluding hydrogens is 606 g/mol. The molecule has 3 amide bonds. The van der Waals surface area contributed by atoms with E-state index in [1.54, 1.807) is 58.6 Å². The maximum Gasteiger partial charge on any atom is 0.408 e. The van der Waals surface area contributed by atoms with Crippen LogP contribution in [0.4, 0.5) is 4.79 Å². The fourth-order valence-electron chi connectivity index (χ4n) is 5.07. The molecule has 0 spiro atoms. The Morgan fingerprint density at radius 2 is 1.50 bits per heavy atom. The molecule has 0 saturated heterocycles. The maximum atomic E-state index is 14.5. The van der Waals surface area contributed by atoms with E-state index in [2.05, 4.69) is 10.6 Å². The van der Waals surface area contributed by atoms with Gasteiger partial charge in [-0.25, -0.2) is 9.59 Å². The second-order valence-corrected chi connectivity index (χ2v) is 14.6. The number of amides is 3. The van der Waals surface area contributed by atoms with Crippen molar-refractivity contribution in [2.45, 2.75) is 109 Å². The van der Waals surface area contributed by atoms with Crippen molar-refractivity contribution >= 4 is 35.6 Å². The van der Waals surface area contributed by atoms with Crippen molar-refractivity contribution in [3.05, 3.63) is 65.7 Å². The molecule has 3 rings (SSSR count). The highest BCUT2D eigenvalue weighted by atomic mass is 32.2. The summed E-state index contributed by atoms with van der Waals surface area (Å²) in [6, 6.07) is 12.0. The van der Waals surface area contributed by atoms with Crippen LogP contribution in [-0.4, -0.2) is 75.2 Å². The molecule has 0 aliphatic heterocycles. The Labute approximate surface area is 277 Å². The Morgan fingerprint density at radius 3 is 2.02 bits per heavy atom. The van der Waals surface area contributed by atoms with Gasteiger partial charge in [0.1, 0.15) is 35.1 Å². The van der Waals surface area contributed by atoms with Gasteiger partial charge in [-0.15, -0.1) is 0 Å². The molecule has 1 fully saturated rings. The van der Waals surface area contributed by atoms with Crippen molar-refractivity contribution in [1.82, 2.24) is 15.5 Å². The molecule has 3 atom stereocenters. The number of alkyl carbamates (subject to hydrolysis) is 1. The summed E-state index contributed by atoms with van der Waals surface area (Å²) in [6.45, 7) is 10.5. The van der Waals surface area contributed by atoms with Crippen LogP contribution in [0.1, 0.15) is 84.4 Å². The van der Waals surface area contributed by atoms with Gasteiger partial charge in [-0.3, -0.25) is 9.59 Å². The predicted molar refractivity (Wildman–Crippen MR) is 179 cm³/mol. The van der Waals surface area contributed by atoms with Crippen LogP contribution >= 0.6 is 11.8 Å². The van der Waals surface area contributed by atoms with Crippen LogP contribution in [0.3, 0.4) is 0 Å². The van der Waals surface area contributed by atoms with Gasteiger partial charge in [0.05, 0.1) is 0 Å². The summed E-state index contributed by atoms with van der Waals surface area (Å²) >= 11 is 1.54. The van der Waals surface area contributed by atoms with Crippen LogP contribution in [0.25, 0.3) is 0 Å². The third-order valence-corrected chi connectivity index (χ3v) is 7.99. The minimum atomic E-state index is -1.16. The fourth-order valence-corrected chi connectivity index (χ4v) is 5.54. The van der Waals surface area contributed by atoms with Crippen molar-refractivity contribution in [1.29, 1.82) is 0 Å². The quantitative estimate of drug-likeness (QED) is 0.240. The third kappa shape index (κ3) is 11.3. The average molecular weight is 656 g/mol. The lowest BCUT2D eigenvalue weighted by atomic mass is 9.87. The van der Waals surface area contributed by atoms with Crippen LogP contribution in [0, 0.1) is 0 Å². The number of nitrogens with zero attached hydrogens (tertiary/aromatic N) is 1. The summed E-state index contributed by atoms with van der Waals surface area (Å²) in [6.07, 6.45) is 3.91. The Hall–Kier alpha value is -3.73. The van der Waals surface area contributed by atoms with Crippen LogP contribution in [-0.2, 0) is 30.3 Å². The van der Waals surface area contributed by atoms with E-state index in [0.717, 1.165) is 12.0 Å². The number of hydrogen-bond donors (Lipinski definition) is 3. The molecule has 3 unspecified atom stereocenters. The van der Waals surface area contributed by atoms with Crippen molar-refractivity contribution < 1.29 is 33.8 Å². The van der Waals surface area contributed by atoms with E-state index >= 15 is 0 Å². The number of thioether (sulfide) groups is 1. The van der Waals surface area contributed by atoms with Crippen LogP contribution in [0.2, 0.25) is 0 Å². The standard InChI is InChI=1S/C35H49N3O7S/c1-34(2,3)44-32(42)28(22-23-12-9-8-10-13-23)36-30(40)29(24-16-18-26(39)19-17-24)38(25-14-11-15-25)31(41)27(20-21-46-7)37-33(43)45-35(4,5)6/h8-10,12-13,16-19,25,27-29,39H,11,14-15,20-22H2,1-7H3,(H,36,40)(H,37,43). The van der Waals surface area contributed by atoms with E-state index in [9.17, 15) is 24.3 Å². The average Bonchev–Trinajstić information content (AvgIpc) is 2.93. The van der Waals surface area contributed by atoms with Crippen molar-refractivity contribution in [3.8, 4) is 5.75 Å². The van der Waals surface area contributed by atoms with Gasteiger partial charge in [0, 0.05) is 12.5 Å². The Kier molecular flexibility index (Phi) is 12.9. The van der Waals surface area contributed by atoms with E-state index in [4.69, 9.17) is 9.47 Å².